The van der Waals surface area contributed by atoms with Crippen molar-refractivity contribution in [3.05, 3.63) is 35.9 Å². The second-order valence-corrected chi connectivity index (χ2v) is 6.10. The molecule has 1 unspecified atom stereocenters. The number of likely N-dealkylation sites (tertiary alicyclic amines) is 1. The van der Waals surface area contributed by atoms with Crippen molar-refractivity contribution >= 4 is 0 Å². The van der Waals surface area contributed by atoms with Crippen molar-refractivity contribution in [3.63, 3.8) is 0 Å². The van der Waals surface area contributed by atoms with Crippen molar-refractivity contribution in [3.8, 4) is 0 Å². The van der Waals surface area contributed by atoms with Crippen LogP contribution in [0.4, 0.5) is 0 Å². The fourth-order valence-corrected chi connectivity index (χ4v) is 3.09. The summed E-state index contributed by atoms with van der Waals surface area (Å²) in [5.74, 6) is 0. The summed E-state index contributed by atoms with van der Waals surface area (Å²) >= 11 is 0. The van der Waals surface area contributed by atoms with E-state index in [-0.39, 0.29) is 0 Å². The first-order valence-electron chi connectivity index (χ1n) is 7.93. The summed E-state index contributed by atoms with van der Waals surface area (Å²) in [6.45, 7) is 3.73. The number of nitrogens with zero attached hydrogens (tertiary/aromatic N) is 1. The maximum atomic E-state index is 3.71. The minimum Gasteiger partial charge on any atom is -0.312 e. The molecule has 0 aromatic heterocycles. The van der Waals surface area contributed by atoms with Gasteiger partial charge in [0, 0.05) is 25.2 Å². The van der Waals surface area contributed by atoms with Crippen LogP contribution in [0.5, 0.6) is 0 Å². The molecule has 104 valence electrons. The van der Waals surface area contributed by atoms with Gasteiger partial charge in [-0.05, 0) is 44.2 Å². The highest BCUT2D eigenvalue weighted by Gasteiger charge is 2.26. The van der Waals surface area contributed by atoms with Crippen LogP contribution in [0.1, 0.15) is 37.7 Å². The van der Waals surface area contributed by atoms with Gasteiger partial charge >= 0.3 is 0 Å². The van der Waals surface area contributed by atoms with Gasteiger partial charge < -0.3 is 5.32 Å². The molecule has 3 rings (SSSR count). The molecule has 2 nitrogen and oxygen atoms in total. The monoisotopic (exact) mass is 258 g/mol. The van der Waals surface area contributed by atoms with Crippen molar-refractivity contribution in [2.24, 2.45) is 0 Å². The number of piperidine rings is 1. The quantitative estimate of drug-likeness (QED) is 0.844. The predicted octanol–water partition coefficient (Wildman–Crippen LogP) is 2.84. The van der Waals surface area contributed by atoms with E-state index in [2.05, 4.69) is 40.5 Å². The highest BCUT2D eigenvalue weighted by molar-refractivity contribution is 5.14. The van der Waals surface area contributed by atoms with E-state index in [9.17, 15) is 0 Å². The van der Waals surface area contributed by atoms with E-state index in [0.29, 0.717) is 0 Å². The molecule has 0 radical (unpaired) electrons. The molecule has 1 aliphatic carbocycles. The molecule has 0 spiro atoms. The van der Waals surface area contributed by atoms with Crippen molar-refractivity contribution in [2.75, 3.05) is 19.6 Å². The molecule has 19 heavy (non-hydrogen) atoms. The molecule has 1 aromatic carbocycles. The molecule has 1 aliphatic heterocycles. The Bertz CT molecular complexity index is 372. The Morgan fingerprint density at radius 1 is 1.05 bits per heavy atom. The zero-order chi connectivity index (χ0) is 12.9. The van der Waals surface area contributed by atoms with Crippen molar-refractivity contribution < 1.29 is 0 Å². The number of benzene rings is 1. The highest BCUT2D eigenvalue weighted by Crippen LogP contribution is 2.21. The van der Waals surface area contributed by atoms with Crippen LogP contribution >= 0.6 is 0 Å². The van der Waals surface area contributed by atoms with Gasteiger partial charge in [-0.3, -0.25) is 4.90 Å². The third-order valence-corrected chi connectivity index (χ3v) is 4.50. The lowest BCUT2D eigenvalue weighted by molar-refractivity contribution is 0.147. The Kier molecular flexibility index (Phi) is 4.52. The molecular weight excluding hydrogens is 232 g/mol. The van der Waals surface area contributed by atoms with E-state index in [1.54, 1.807) is 0 Å². The Labute approximate surface area is 117 Å². The molecule has 2 fully saturated rings. The van der Waals surface area contributed by atoms with Crippen LogP contribution in [0.25, 0.3) is 0 Å². The van der Waals surface area contributed by atoms with Crippen LogP contribution in [-0.2, 0) is 6.42 Å². The van der Waals surface area contributed by atoms with Gasteiger partial charge in [0.2, 0.25) is 0 Å². The lowest BCUT2D eigenvalue weighted by Crippen LogP contribution is -2.46. The lowest BCUT2D eigenvalue weighted by atomic mass is 10.0. The maximum absolute atomic E-state index is 3.71. The molecule has 1 atom stereocenters. The van der Waals surface area contributed by atoms with E-state index in [0.717, 1.165) is 12.1 Å². The molecular formula is C17H26N2. The smallest absolute Gasteiger partial charge is 0.0220 e. The van der Waals surface area contributed by atoms with Gasteiger partial charge in [-0.15, -0.1) is 0 Å². The van der Waals surface area contributed by atoms with E-state index < -0.39 is 0 Å². The van der Waals surface area contributed by atoms with Gasteiger partial charge in [-0.25, -0.2) is 0 Å². The van der Waals surface area contributed by atoms with Gasteiger partial charge in [0.15, 0.2) is 0 Å². The Hall–Kier alpha value is -0.860. The van der Waals surface area contributed by atoms with Crippen molar-refractivity contribution in [1.29, 1.82) is 0 Å². The van der Waals surface area contributed by atoms with Crippen molar-refractivity contribution in [2.45, 2.75) is 50.6 Å². The maximum Gasteiger partial charge on any atom is 0.0220 e. The first-order chi connectivity index (χ1) is 9.42. The minimum atomic E-state index is 0.776. The topological polar surface area (TPSA) is 15.3 Å². The number of rotatable bonds is 6. The molecule has 0 amide bonds. The van der Waals surface area contributed by atoms with Crippen LogP contribution in [0.15, 0.2) is 30.3 Å². The third-order valence-electron chi connectivity index (χ3n) is 4.50. The van der Waals surface area contributed by atoms with E-state index in [4.69, 9.17) is 0 Å². The Morgan fingerprint density at radius 3 is 2.68 bits per heavy atom. The Morgan fingerprint density at radius 2 is 1.89 bits per heavy atom. The standard InChI is InChI=1S/C17H26N2/c1-2-6-15(7-3-1)11-13-19-12-5-4-8-17(19)14-18-16-9-10-16/h1-3,6-7,16-18H,4-5,8-14H2. The Balaban J connectivity index is 1.48. The van der Waals surface area contributed by atoms with Gasteiger partial charge in [0.05, 0.1) is 0 Å². The van der Waals surface area contributed by atoms with Crippen LogP contribution in [-0.4, -0.2) is 36.6 Å². The molecule has 1 saturated heterocycles. The first-order valence-corrected chi connectivity index (χ1v) is 7.93. The summed E-state index contributed by atoms with van der Waals surface area (Å²) < 4.78 is 0. The highest BCUT2D eigenvalue weighted by atomic mass is 15.2. The average Bonchev–Trinajstić information content (AvgIpc) is 3.29. The van der Waals surface area contributed by atoms with Crippen LogP contribution < -0.4 is 5.32 Å². The summed E-state index contributed by atoms with van der Waals surface area (Å²) in [6, 6.07) is 12.5. The summed E-state index contributed by atoms with van der Waals surface area (Å²) in [6.07, 6.45) is 8.18. The van der Waals surface area contributed by atoms with Crippen LogP contribution in [0.2, 0.25) is 0 Å². The zero-order valence-electron chi connectivity index (χ0n) is 11.9. The van der Waals surface area contributed by atoms with E-state index in [1.807, 2.05) is 0 Å². The largest absolute Gasteiger partial charge is 0.312 e. The second kappa shape index (κ2) is 6.53. The zero-order valence-corrected chi connectivity index (χ0v) is 11.9. The average molecular weight is 258 g/mol. The van der Waals surface area contributed by atoms with Crippen LogP contribution in [0.3, 0.4) is 0 Å². The molecule has 2 heteroatoms. The van der Waals surface area contributed by atoms with Gasteiger partial charge in [-0.2, -0.15) is 0 Å². The fraction of sp³-hybridized carbons (Fsp3) is 0.647. The number of hydrogen-bond donors (Lipinski definition) is 1. The minimum absolute atomic E-state index is 0.776. The van der Waals surface area contributed by atoms with Gasteiger partial charge in [0.1, 0.15) is 0 Å². The summed E-state index contributed by atoms with van der Waals surface area (Å²) in [5.41, 5.74) is 1.47. The molecule has 0 bridgehead atoms. The van der Waals surface area contributed by atoms with Gasteiger partial charge in [0.25, 0.3) is 0 Å². The summed E-state index contributed by atoms with van der Waals surface area (Å²) in [5, 5.41) is 3.71. The molecule has 2 aliphatic rings. The second-order valence-electron chi connectivity index (χ2n) is 6.10. The van der Waals surface area contributed by atoms with E-state index >= 15 is 0 Å². The number of hydrogen-bond acceptors (Lipinski definition) is 2. The molecule has 1 saturated carbocycles. The molecule has 1 N–H and O–H groups in total. The summed E-state index contributed by atoms with van der Waals surface area (Å²) in [7, 11) is 0. The third kappa shape index (κ3) is 4.05. The summed E-state index contributed by atoms with van der Waals surface area (Å²) in [4.78, 5) is 2.71. The number of nitrogens with one attached hydrogen (secondary N) is 1. The SMILES string of the molecule is c1ccc(CCN2CCCCC2CNC2CC2)cc1. The first kappa shape index (κ1) is 13.1. The predicted molar refractivity (Wildman–Crippen MR) is 80.4 cm³/mol. The van der Waals surface area contributed by atoms with Crippen molar-refractivity contribution in [1.82, 2.24) is 10.2 Å². The normalized spacial score (nSPS) is 24.5. The molecule has 1 aromatic rings. The van der Waals surface area contributed by atoms with E-state index in [1.165, 1.54) is 63.7 Å². The van der Waals surface area contributed by atoms with Gasteiger partial charge in [-0.1, -0.05) is 36.8 Å². The lowest BCUT2D eigenvalue weighted by Gasteiger charge is -2.36. The van der Waals surface area contributed by atoms with Crippen LogP contribution in [0, 0.1) is 0 Å². The molecule has 1 heterocycles. The fourth-order valence-electron chi connectivity index (χ4n) is 3.09.